The van der Waals surface area contributed by atoms with E-state index < -0.39 is 59.6 Å². The summed E-state index contributed by atoms with van der Waals surface area (Å²) in [5, 5.41) is 21.6. The molecule has 0 fully saturated rings. The van der Waals surface area contributed by atoms with Crippen LogP contribution in [0.3, 0.4) is 0 Å². The Morgan fingerprint density at radius 3 is 2.35 bits per heavy atom. The van der Waals surface area contributed by atoms with Gasteiger partial charge in [0.15, 0.2) is 0 Å². The summed E-state index contributed by atoms with van der Waals surface area (Å²) < 4.78 is 30.9. The van der Waals surface area contributed by atoms with E-state index in [-0.39, 0.29) is 37.2 Å². The summed E-state index contributed by atoms with van der Waals surface area (Å²) in [4.78, 5) is 43.0. The van der Waals surface area contributed by atoms with Gasteiger partial charge in [0, 0.05) is 31.4 Å². The number of aliphatic hydroxyl groups excluding tert-OH is 1. The molecule has 3 rings (SSSR count). The maximum absolute atomic E-state index is 14.9. The first-order valence-corrected chi connectivity index (χ1v) is 15.2. The quantitative estimate of drug-likeness (QED) is 0.148. The number of carbonyl (C=O) groups excluding carboxylic acids is 2. The first-order chi connectivity index (χ1) is 21.7. The number of nitrogens with one attached hydrogen (secondary N) is 1. The van der Waals surface area contributed by atoms with E-state index in [1.165, 1.54) is 4.90 Å². The SMILES string of the molecule is CC(C)(C)[C@H](c1nc(-c2cc(F)ccc2F)cn1Cc1ccccc1)N(CC[C@H](N)C(=O)NCCCC[C@H](N)C(=O)O)C(=O)CO. The molecule has 0 aliphatic rings. The van der Waals surface area contributed by atoms with Gasteiger partial charge < -0.3 is 36.5 Å². The van der Waals surface area contributed by atoms with E-state index >= 15 is 0 Å². The molecule has 46 heavy (non-hydrogen) atoms. The van der Waals surface area contributed by atoms with Crippen molar-refractivity contribution in [3.05, 3.63) is 77.8 Å². The highest BCUT2D eigenvalue weighted by Crippen LogP contribution is 2.39. The number of nitrogens with two attached hydrogens (primary N) is 2. The fraction of sp³-hybridized carbons (Fsp3) is 0.455. The Morgan fingerprint density at radius 2 is 1.72 bits per heavy atom. The zero-order chi connectivity index (χ0) is 34.0. The molecule has 0 aliphatic carbocycles. The lowest BCUT2D eigenvalue weighted by Crippen LogP contribution is -2.47. The van der Waals surface area contributed by atoms with Crippen molar-refractivity contribution in [1.29, 1.82) is 0 Å². The van der Waals surface area contributed by atoms with Gasteiger partial charge in [0.05, 0.1) is 17.8 Å². The van der Waals surface area contributed by atoms with Gasteiger partial charge in [-0.1, -0.05) is 51.1 Å². The molecule has 11 nitrogen and oxygen atoms in total. The van der Waals surface area contributed by atoms with Gasteiger partial charge in [-0.05, 0) is 54.9 Å². The predicted octanol–water partition coefficient (Wildman–Crippen LogP) is 3.20. The molecule has 7 N–H and O–H groups in total. The number of carboxylic acids is 1. The third-order valence-electron chi connectivity index (χ3n) is 7.62. The van der Waals surface area contributed by atoms with Crippen LogP contribution in [0.1, 0.15) is 63.9 Å². The average Bonchev–Trinajstić information content (AvgIpc) is 3.41. The molecule has 13 heteroatoms. The molecule has 0 saturated heterocycles. The zero-order valence-electron chi connectivity index (χ0n) is 26.5. The Kier molecular flexibility index (Phi) is 12.9. The number of aromatic nitrogens is 2. The van der Waals surface area contributed by atoms with E-state index in [1.54, 1.807) is 10.8 Å². The lowest BCUT2D eigenvalue weighted by molar-refractivity contribution is -0.140. The molecule has 1 aromatic heterocycles. The van der Waals surface area contributed by atoms with Crippen molar-refractivity contribution in [1.82, 2.24) is 19.8 Å². The predicted molar refractivity (Wildman–Crippen MR) is 169 cm³/mol. The number of unbranched alkanes of at least 4 members (excludes halogenated alkanes) is 1. The molecule has 3 atom stereocenters. The number of aliphatic carboxylic acids is 1. The molecule has 0 saturated carbocycles. The van der Waals surface area contributed by atoms with Gasteiger partial charge in [-0.15, -0.1) is 0 Å². The summed E-state index contributed by atoms with van der Waals surface area (Å²) in [7, 11) is 0. The third kappa shape index (κ3) is 9.90. The number of carboxylic acid groups (broad SMARTS) is 1. The van der Waals surface area contributed by atoms with Crippen molar-refractivity contribution in [3.63, 3.8) is 0 Å². The summed E-state index contributed by atoms with van der Waals surface area (Å²) in [5.74, 6) is -3.04. The van der Waals surface area contributed by atoms with Crippen LogP contribution in [0.25, 0.3) is 11.3 Å². The van der Waals surface area contributed by atoms with Crippen molar-refractivity contribution >= 4 is 17.8 Å². The maximum atomic E-state index is 14.9. The Balaban J connectivity index is 1.89. The molecular formula is C33H44F2N6O5. The van der Waals surface area contributed by atoms with Crippen LogP contribution in [0.2, 0.25) is 0 Å². The van der Waals surface area contributed by atoms with E-state index in [2.05, 4.69) is 5.32 Å². The van der Waals surface area contributed by atoms with Gasteiger partial charge in [-0.2, -0.15) is 0 Å². The molecule has 3 aromatic rings. The average molecular weight is 643 g/mol. The molecule has 0 radical (unpaired) electrons. The van der Waals surface area contributed by atoms with Gasteiger partial charge >= 0.3 is 5.97 Å². The fourth-order valence-corrected chi connectivity index (χ4v) is 5.23. The zero-order valence-corrected chi connectivity index (χ0v) is 26.5. The fourth-order valence-electron chi connectivity index (χ4n) is 5.23. The van der Waals surface area contributed by atoms with Crippen molar-refractivity contribution in [2.45, 2.75) is 71.1 Å². The Bertz CT molecular complexity index is 1480. The number of nitrogens with zero attached hydrogens (tertiary/aromatic N) is 3. The van der Waals surface area contributed by atoms with Gasteiger partial charge in [-0.25, -0.2) is 13.8 Å². The Labute approximate surface area is 267 Å². The van der Waals surface area contributed by atoms with Crippen molar-refractivity contribution < 1.29 is 33.4 Å². The number of rotatable bonds is 16. The number of amides is 2. The third-order valence-corrected chi connectivity index (χ3v) is 7.62. The second kappa shape index (κ2) is 16.4. The topological polar surface area (TPSA) is 177 Å². The van der Waals surface area contributed by atoms with Gasteiger partial charge in [0.25, 0.3) is 0 Å². The molecule has 0 unspecified atom stereocenters. The second-order valence-electron chi connectivity index (χ2n) is 12.4. The summed E-state index contributed by atoms with van der Waals surface area (Å²) in [6.45, 7) is 5.45. The van der Waals surface area contributed by atoms with Crippen molar-refractivity contribution in [2.24, 2.45) is 16.9 Å². The minimum Gasteiger partial charge on any atom is -0.480 e. The van der Waals surface area contributed by atoms with Gasteiger partial charge in [0.2, 0.25) is 11.8 Å². The number of imidazole rings is 1. The largest absolute Gasteiger partial charge is 0.480 e. The molecule has 0 bridgehead atoms. The smallest absolute Gasteiger partial charge is 0.320 e. The first-order valence-electron chi connectivity index (χ1n) is 15.2. The number of hydrogen-bond acceptors (Lipinski definition) is 7. The van der Waals surface area contributed by atoms with Crippen LogP contribution in [0.15, 0.2) is 54.7 Å². The standard InChI is InChI=1S/C33H44F2N6O5/c1-33(2,3)29(41(28(43)20-42)16-14-25(36)31(44)38-15-8-7-11-26(37)32(45)46)30-39-27(23-17-22(34)12-13-24(23)35)19-40(30)18-21-9-5-4-6-10-21/h4-6,9-10,12-13,17,19,25-26,29,42H,7-8,11,14-16,18,20,36-37H2,1-3H3,(H,38,44)(H,45,46)/t25-,26-,29-/m0/s1. The van der Waals surface area contributed by atoms with E-state index in [0.717, 1.165) is 23.8 Å². The normalized spacial score (nSPS) is 13.6. The highest BCUT2D eigenvalue weighted by molar-refractivity contribution is 5.82. The number of halogens is 2. The number of benzene rings is 2. The van der Waals surface area contributed by atoms with Crippen LogP contribution in [-0.2, 0) is 20.9 Å². The summed E-state index contributed by atoms with van der Waals surface area (Å²) in [6, 6.07) is 9.84. The molecule has 0 spiro atoms. The monoisotopic (exact) mass is 642 g/mol. The van der Waals surface area contributed by atoms with Gasteiger partial charge in [0.1, 0.15) is 30.1 Å². The minimum atomic E-state index is -1.08. The van der Waals surface area contributed by atoms with Crippen LogP contribution in [0.4, 0.5) is 8.78 Å². The highest BCUT2D eigenvalue weighted by atomic mass is 19.1. The molecule has 0 aliphatic heterocycles. The van der Waals surface area contributed by atoms with E-state index in [4.69, 9.17) is 21.6 Å². The minimum absolute atomic E-state index is 0.00869. The molecule has 2 aromatic carbocycles. The number of aliphatic hydroxyl groups is 1. The Hall–Kier alpha value is -4.20. The number of hydrogen-bond donors (Lipinski definition) is 5. The highest BCUT2D eigenvalue weighted by Gasteiger charge is 2.38. The van der Waals surface area contributed by atoms with Crippen molar-refractivity contribution in [3.8, 4) is 11.3 Å². The number of carbonyl (C=O) groups is 3. The lowest BCUT2D eigenvalue weighted by Gasteiger charge is -2.40. The van der Waals surface area contributed by atoms with Crippen LogP contribution < -0.4 is 16.8 Å². The summed E-state index contributed by atoms with van der Waals surface area (Å²) in [5.41, 5.74) is 12.1. The molecule has 2 amide bonds. The lowest BCUT2D eigenvalue weighted by atomic mass is 9.84. The molecule has 250 valence electrons. The Morgan fingerprint density at radius 1 is 1.02 bits per heavy atom. The summed E-state index contributed by atoms with van der Waals surface area (Å²) >= 11 is 0. The van der Waals surface area contributed by atoms with Crippen LogP contribution in [0, 0.1) is 17.0 Å². The first kappa shape index (κ1) is 36.3. The van der Waals surface area contributed by atoms with Crippen LogP contribution >= 0.6 is 0 Å². The maximum Gasteiger partial charge on any atom is 0.320 e. The van der Waals surface area contributed by atoms with E-state index in [1.807, 2.05) is 51.1 Å². The van der Waals surface area contributed by atoms with Gasteiger partial charge in [-0.3, -0.25) is 14.4 Å². The van der Waals surface area contributed by atoms with E-state index in [9.17, 15) is 28.3 Å². The van der Waals surface area contributed by atoms with Crippen LogP contribution in [-0.4, -0.2) is 74.2 Å². The second-order valence-corrected chi connectivity index (χ2v) is 12.4. The molecule has 1 heterocycles. The summed E-state index contributed by atoms with van der Waals surface area (Å²) in [6.07, 6.45) is 2.96. The van der Waals surface area contributed by atoms with E-state index in [0.29, 0.717) is 25.2 Å². The molecular weight excluding hydrogens is 598 g/mol. The van der Waals surface area contributed by atoms with Crippen molar-refractivity contribution in [2.75, 3.05) is 19.7 Å². The van der Waals surface area contributed by atoms with Crippen LogP contribution in [0.5, 0.6) is 0 Å².